The van der Waals surface area contributed by atoms with E-state index in [1.807, 2.05) is 19.1 Å². The minimum absolute atomic E-state index is 0.387. The predicted molar refractivity (Wildman–Crippen MR) is 78.7 cm³/mol. The third-order valence-electron chi connectivity index (χ3n) is 3.71. The lowest BCUT2D eigenvalue weighted by Crippen LogP contribution is -2.48. The Morgan fingerprint density at radius 1 is 1.20 bits per heavy atom. The molecule has 4 heteroatoms. The van der Waals surface area contributed by atoms with Crippen LogP contribution in [0.15, 0.2) is 42.6 Å². The maximum absolute atomic E-state index is 6.03. The van der Waals surface area contributed by atoms with Crippen LogP contribution in [0.2, 0.25) is 0 Å². The van der Waals surface area contributed by atoms with E-state index in [9.17, 15) is 0 Å². The monoisotopic (exact) mass is 269 g/mol. The fourth-order valence-electron chi connectivity index (χ4n) is 2.63. The van der Waals surface area contributed by atoms with E-state index in [-0.39, 0.29) is 5.60 Å². The van der Waals surface area contributed by atoms with E-state index < -0.39 is 0 Å². The molecule has 1 aliphatic rings. The van der Waals surface area contributed by atoms with Crippen molar-refractivity contribution >= 4 is 5.69 Å². The van der Waals surface area contributed by atoms with Gasteiger partial charge in [0.1, 0.15) is 11.4 Å². The van der Waals surface area contributed by atoms with Crippen LogP contribution in [0.25, 0.3) is 0 Å². The van der Waals surface area contributed by atoms with Crippen molar-refractivity contribution in [1.29, 1.82) is 0 Å². The van der Waals surface area contributed by atoms with Crippen molar-refractivity contribution < 1.29 is 4.74 Å². The second kappa shape index (κ2) is 5.21. The van der Waals surface area contributed by atoms with Crippen LogP contribution in [0.1, 0.15) is 18.4 Å². The van der Waals surface area contributed by atoms with Gasteiger partial charge in [-0.25, -0.2) is 9.97 Å². The van der Waals surface area contributed by atoms with Gasteiger partial charge in [-0.3, -0.25) is 0 Å². The molecule has 0 N–H and O–H groups in total. The Hall–Kier alpha value is -1.94. The zero-order valence-electron chi connectivity index (χ0n) is 11.9. The lowest BCUT2D eigenvalue weighted by atomic mass is 9.99. The van der Waals surface area contributed by atoms with Crippen molar-refractivity contribution in [2.75, 3.05) is 24.6 Å². The fraction of sp³-hybridized carbons (Fsp3) is 0.375. The molecule has 1 atom stereocenters. The van der Waals surface area contributed by atoms with Gasteiger partial charge in [0.05, 0.1) is 18.8 Å². The topological polar surface area (TPSA) is 38.2 Å². The number of hydrogen-bond donors (Lipinski definition) is 0. The molecule has 0 amide bonds. The lowest BCUT2D eigenvalue weighted by molar-refractivity contribution is -0.0497. The molecule has 2 heterocycles. The van der Waals surface area contributed by atoms with Gasteiger partial charge >= 0.3 is 0 Å². The molecular formula is C16H19N3O. The van der Waals surface area contributed by atoms with Gasteiger partial charge in [0.2, 0.25) is 0 Å². The van der Waals surface area contributed by atoms with E-state index in [0.717, 1.165) is 24.6 Å². The molecule has 0 saturated carbocycles. The highest BCUT2D eigenvalue weighted by Crippen LogP contribution is 2.30. The van der Waals surface area contributed by atoms with Gasteiger partial charge in [-0.2, -0.15) is 0 Å². The third-order valence-corrected chi connectivity index (χ3v) is 3.71. The van der Waals surface area contributed by atoms with Gasteiger partial charge in [0, 0.05) is 18.4 Å². The second-order valence-corrected chi connectivity index (χ2v) is 5.33. The summed E-state index contributed by atoms with van der Waals surface area (Å²) in [5, 5.41) is 0. The van der Waals surface area contributed by atoms with Crippen molar-refractivity contribution in [3.8, 4) is 0 Å². The minimum Gasteiger partial charge on any atom is -0.366 e. The Bertz CT molecular complexity index is 587. The Kier molecular flexibility index (Phi) is 3.40. The molecule has 4 nitrogen and oxygen atoms in total. The summed E-state index contributed by atoms with van der Waals surface area (Å²) in [6.07, 6.45) is 1.80. The molecule has 3 rings (SSSR count). The first kappa shape index (κ1) is 13.1. The van der Waals surface area contributed by atoms with Gasteiger partial charge in [-0.15, -0.1) is 0 Å². The first-order chi connectivity index (χ1) is 9.67. The number of hydrogen-bond acceptors (Lipinski definition) is 4. The van der Waals surface area contributed by atoms with E-state index >= 15 is 0 Å². The lowest BCUT2D eigenvalue weighted by Gasteiger charge is -2.41. The highest BCUT2D eigenvalue weighted by Gasteiger charge is 2.35. The van der Waals surface area contributed by atoms with E-state index in [0.29, 0.717) is 6.61 Å². The van der Waals surface area contributed by atoms with Crippen LogP contribution < -0.4 is 4.90 Å². The molecule has 104 valence electrons. The number of rotatable bonds is 2. The van der Waals surface area contributed by atoms with Crippen LogP contribution in [-0.2, 0) is 10.3 Å². The van der Waals surface area contributed by atoms with E-state index in [4.69, 9.17) is 4.74 Å². The van der Waals surface area contributed by atoms with Crippen LogP contribution in [0, 0.1) is 6.92 Å². The Morgan fingerprint density at radius 3 is 2.75 bits per heavy atom. The standard InChI is InChI=1S/C16H19N3O/c1-13-17-9-8-15(18-13)16(2)12-19(10-11-20-16)14-6-4-3-5-7-14/h3-9H,10-12H2,1-2H3. The van der Waals surface area contributed by atoms with Gasteiger partial charge in [0.25, 0.3) is 0 Å². The van der Waals surface area contributed by atoms with Crippen LogP contribution in [0.5, 0.6) is 0 Å². The van der Waals surface area contributed by atoms with Gasteiger partial charge < -0.3 is 9.64 Å². The number of benzene rings is 1. The number of morpholine rings is 1. The van der Waals surface area contributed by atoms with Crippen LogP contribution in [-0.4, -0.2) is 29.7 Å². The highest BCUT2D eigenvalue weighted by molar-refractivity contribution is 5.47. The summed E-state index contributed by atoms with van der Waals surface area (Å²) in [7, 11) is 0. The van der Waals surface area contributed by atoms with Crippen molar-refractivity contribution in [3.63, 3.8) is 0 Å². The molecule has 0 radical (unpaired) electrons. The van der Waals surface area contributed by atoms with Crippen molar-refractivity contribution in [2.45, 2.75) is 19.4 Å². The summed E-state index contributed by atoms with van der Waals surface area (Å²) in [4.78, 5) is 11.0. The molecule has 1 aromatic carbocycles. The molecule has 1 fully saturated rings. The minimum atomic E-state index is -0.387. The zero-order valence-corrected chi connectivity index (χ0v) is 11.9. The van der Waals surface area contributed by atoms with Crippen molar-refractivity contribution in [3.05, 3.63) is 54.1 Å². The van der Waals surface area contributed by atoms with Gasteiger partial charge in [-0.05, 0) is 32.0 Å². The summed E-state index contributed by atoms with van der Waals surface area (Å²) in [5.41, 5.74) is 1.79. The maximum atomic E-state index is 6.03. The summed E-state index contributed by atoms with van der Waals surface area (Å²) in [6, 6.07) is 12.4. The van der Waals surface area contributed by atoms with Crippen molar-refractivity contribution in [2.24, 2.45) is 0 Å². The summed E-state index contributed by atoms with van der Waals surface area (Å²) >= 11 is 0. The quantitative estimate of drug-likeness (QED) is 0.839. The molecule has 0 spiro atoms. The first-order valence-corrected chi connectivity index (χ1v) is 6.91. The van der Waals surface area contributed by atoms with Gasteiger partial charge in [-0.1, -0.05) is 18.2 Å². The number of ether oxygens (including phenoxy) is 1. The highest BCUT2D eigenvalue weighted by atomic mass is 16.5. The Balaban J connectivity index is 1.87. The van der Waals surface area contributed by atoms with Crippen LogP contribution in [0.3, 0.4) is 0 Å². The number of aryl methyl sites for hydroxylation is 1. The zero-order chi connectivity index (χ0) is 14.0. The average molecular weight is 269 g/mol. The normalized spacial score (nSPS) is 22.8. The van der Waals surface area contributed by atoms with Gasteiger partial charge in [0.15, 0.2) is 0 Å². The van der Waals surface area contributed by atoms with E-state index in [1.54, 1.807) is 6.20 Å². The van der Waals surface area contributed by atoms with Crippen LogP contribution in [0.4, 0.5) is 5.69 Å². The molecule has 0 bridgehead atoms. The van der Waals surface area contributed by atoms with Crippen LogP contribution >= 0.6 is 0 Å². The number of aromatic nitrogens is 2. The molecule has 1 saturated heterocycles. The molecular weight excluding hydrogens is 250 g/mol. The largest absolute Gasteiger partial charge is 0.366 e. The Labute approximate surface area is 119 Å². The number of para-hydroxylation sites is 1. The van der Waals surface area contributed by atoms with E-state index in [1.165, 1.54) is 5.69 Å². The summed E-state index contributed by atoms with van der Waals surface area (Å²) in [6.45, 7) is 6.42. The SMILES string of the molecule is Cc1nccc(C2(C)CN(c3ccccc3)CCO2)n1. The fourth-order valence-corrected chi connectivity index (χ4v) is 2.63. The Morgan fingerprint density at radius 2 is 2.00 bits per heavy atom. The molecule has 0 aliphatic carbocycles. The number of anilines is 1. The average Bonchev–Trinajstić information content (AvgIpc) is 2.48. The number of nitrogens with zero attached hydrogens (tertiary/aromatic N) is 3. The third kappa shape index (κ3) is 2.51. The summed E-state index contributed by atoms with van der Waals surface area (Å²) in [5.74, 6) is 0.782. The summed E-state index contributed by atoms with van der Waals surface area (Å²) < 4.78 is 6.03. The molecule has 1 unspecified atom stereocenters. The predicted octanol–water partition coefficient (Wildman–Crippen LogP) is 2.54. The molecule has 20 heavy (non-hydrogen) atoms. The van der Waals surface area contributed by atoms with E-state index in [2.05, 4.69) is 46.1 Å². The van der Waals surface area contributed by atoms with Crippen molar-refractivity contribution in [1.82, 2.24) is 9.97 Å². The molecule has 2 aromatic rings. The maximum Gasteiger partial charge on any atom is 0.125 e. The molecule has 1 aromatic heterocycles. The molecule has 1 aliphatic heterocycles. The first-order valence-electron chi connectivity index (χ1n) is 6.91. The smallest absolute Gasteiger partial charge is 0.125 e. The second-order valence-electron chi connectivity index (χ2n) is 5.33.